The van der Waals surface area contributed by atoms with E-state index in [0.29, 0.717) is 13.2 Å². The molecule has 0 saturated carbocycles. The van der Waals surface area contributed by atoms with E-state index in [-0.39, 0.29) is 29.4 Å². The molecule has 0 aliphatic heterocycles. The van der Waals surface area contributed by atoms with Gasteiger partial charge in [-0.25, -0.2) is 0 Å². The first-order valence-corrected chi connectivity index (χ1v) is 9.14. The summed E-state index contributed by atoms with van der Waals surface area (Å²) < 4.78 is 16.6. The molecule has 0 unspecified atom stereocenters. The number of ether oxygens (including phenoxy) is 3. The molecule has 0 aromatic heterocycles. The lowest BCUT2D eigenvalue weighted by Crippen LogP contribution is -2.27. The van der Waals surface area contributed by atoms with Crippen molar-refractivity contribution in [3.05, 3.63) is 62.1 Å². The molecule has 2 aromatic rings. The van der Waals surface area contributed by atoms with Crippen LogP contribution in [0.2, 0.25) is 0 Å². The van der Waals surface area contributed by atoms with E-state index < -0.39 is 10.8 Å². The Morgan fingerprint density at radius 2 is 1.82 bits per heavy atom. The summed E-state index contributed by atoms with van der Waals surface area (Å²) in [6.45, 7) is 0.812. The standard InChI is InChI=1S/C19H21BrN2O6/c1-21(12-13-4-6-14(20)7-5-13)19(23)15-10-17(27-3)18(28-9-8-26-2)11-16(15)22(24)25/h4-7,10-11H,8-9,12H2,1-3H3. The second-order valence-electron chi connectivity index (χ2n) is 5.91. The monoisotopic (exact) mass is 452 g/mol. The van der Waals surface area contributed by atoms with Crippen LogP contribution in [-0.4, -0.2) is 50.2 Å². The van der Waals surface area contributed by atoms with Crippen molar-refractivity contribution in [2.24, 2.45) is 0 Å². The lowest BCUT2D eigenvalue weighted by atomic mass is 10.1. The van der Waals surface area contributed by atoms with Gasteiger partial charge in [-0.1, -0.05) is 28.1 Å². The van der Waals surface area contributed by atoms with Gasteiger partial charge in [-0.05, 0) is 17.7 Å². The molecule has 0 heterocycles. The molecule has 9 heteroatoms. The first kappa shape index (κ1) is 21.6. The van der Waals surface area contributed by atoms with Crippen LogP contribution in [-0.2, 0) is 11.3 Å². The molecule has 0 bridgehead atoms. The summed E-state index contributed by atoms with van der Waals surface area (Å²) in [5.41, 5.74) is 0.481. The number of nitrogens with zero attached hydrogens (tertiary/aromatic N) is 2. The van der Waals surface area contributed by atoms with Gasteiger partial charge in [0.05, 0.1) is 24.7 Å². The van der Waals surface area contributed by atoms with Gasteiger partial charge in [0.15, 0.2) is 11.5 Å². The van der Waals surface area contributed by atoms with E-state index in [2.05, 4.69) is 15.9 Å². The van der Waals surface area contributed by atoms with Crippen molar-refractivity contribution in [2.45, 2.75) is 6.54 Å². The van der Waals surface area contributed by atoms with Gasteiger partial charge < -0.3 is 19.1 Å². The minimum Gasteiger partial charge on any atom is -0.493 e. The first-order valence-electron chi connectivity index (χ1n) is 8.35. The number of hydrogen-bond acceptors (Lipinski definition) is 6. The highest BCUT2D eigenvalue weighted by Gasteiger charge is 2.27. The van der Waals surface area contributed by atoms with Crippen molar-refractivity contribution >= 4 is 27.5 Å². The molecule has 28 heavy (non-hydrogen) atoms. The Morgan fingerprint density at radius 3 is 2.39 bits per heavy atom. The Bertz CT molecular complexity index is 841. The molecular weight excluding hydrogens is 432 g/mol. The molecule has 0 radical (unpaired) electrons. The number of methoxy groups -OCH3 is 2. The van der Waals surface area contributed by atoms with Crippen LogP contribution >= 0.6 is 15.9 Å². The fourth-order valence-corrected chi connectivity index (χ4v) is 2.78. The zero-order valence-corrected chi connectivity index (χ0v) is 17.4. The molecule has 0 N–H and O–H groups in total. The molecule has 0 spiro atoms. The predicted molar refractivity (Wildman–Crippen MR) is 107 cm³/mol. The van der Waals surface area contributed by atoms with Gasteiger partial charge >= 0.3 is 0 Å². The van der Waals surface area contributed by atoms with Crippen molar-refractivity contribution < 1.29 is 23.9 Å². The minimum absolute atomic E-state index is 0.0689. The second kappa shape index (κ2) is 10.0. The summed E-state index contributed by atoms with van der Waals surface area (Å²) in [7, 11) is 4.51. The fourth-order valence-electron chi connectivity index (χ4n) is 2.52. The summed E-state index contributed by atoms with van der Waals surface area (Å²) in [5, 5.41) is 11.5. The third-order valence-electron chi connectivity index (χ3n) is 3.93. The molecule has 2 aromatic carbocycles. The zero-order valence-electron chi connectivity index (χ0n) is 15.8. The number of nitro groups is 1. The summed E-state index contributed by atoms with van der Waals surface area (Å²) in [4.78, 5) is 25.2. The van der Waals surface area contributed by atoms with Crippen LogP contribution in [0.15, 0.2) is 40.9 Å². The summed E-state index contributed by atoms with van der Waals surface area (Å²) >= 11 is 3.36. The third kappa shape index (κ3) is 5.43. The Hall–Kier alpha value is -2.65. The van der Waals surface area contributed by atoms with E-state index in [9.17, 15) is 14.9 Å². The number of carbonyl (C=O) groups excluding carboxylic acids is 1. The van der Waals surface area contributed by atoms with E-state index in [1.165, 1.54) is 31.3 Å². The highest BCUT2D eigenvalue weighted by Crippen LogP contribution is 2.35. The Balaban J connectivity index is 2.31. The van der Waals surface area contributed by atoms with E-state index in [1.54, 1.807) is 7.05 Å². The zero-order chi connectivity index (χ0) is 20.7. The highest BCUT2D eigenvalue weighted by atomic mass is 79.9. The van der Waals surface area contributed by atoms with Crippen LogP contribution in [0.3, 0.4) is 0 Å². The largest absolute Gasteiger partial charge is 0.493 e. The molecule has 2 rings (SSSR count). The number of carbonyl (C=O) groups is 1. The van der Waals surface area contributed by atoms with Gasteiger partial charge in [0.2, 0.25) is 0 Å². The predicted octanol–water partition coefficient (Wildman–Crippen LogP) is 3.66. The van der Waals surface area contributed by atoms with Gasteiger partial charge in [0, 0.05) is 31.2 Å². The van der Waals surface area contributed by atoms with Crippen molar-refractivity contribution in [2.75, 3.05) is 34.5 Å². The average Bonchev–Trinajstić information content (AvgIpc) is 2.68. The highest BCUT2D eigenvalue weighted by molar-refractivity contribution is 9.10. The number of benzene rings is 2. The lowest BCUT2D eigenvalue weighted by molar-refractivity contribution is -0.385. The molecule has 0 fully saturated rings. The molecule has 0 atom stereocenters. The van der Waals surface area contributed by atoms with Crippen LogP contribution in [0.4, 0.5) is 5.69 Å². The SMILES string of the molecule is COCCOc1cc([N+](=O)[O-])c(C(=O)N(C)Cc2ccc(Br)cc2)cc1OC. The van der Waals surface area contributed by atoms with Crippen LogP contribution in [0.1, 0.15) is 15.9 Å². The van der Waals surface area contributed by atoms with Gasteiger partial charge in [-0.2, -0.15) is 0 Å². The first-order chi connectivity index (χ1) is 13.4. The Kier molecular flexibility index (Phi) is 7.77. The van der Waals surface area contributed by atoms with Crippen molar-refractivity contribution in [3.8, 4) is 11.5 Å². The van der Waals surface area contributed by atoms with Crippen molar-refractivity contribution in [3.63, 3.8) is 0 Å². The normalized spacial score (nSPS) is 10.4. The number of hydrogen-bond donors (Lipinski definition) is 0. The molecule has 8 nitrogen and oxygen atoms in total. The van der Waals surface area contributed by atoms with Crippen molar-refractivity contribution in [1.29, 1.82) is 0 Å². The number of halogens is 1. The number of rotatable bonds is 9. The summed E-state index contributed by atoms with van der Waals surface area (Å²) in [6, 6.07) is 10.0. The van der Waals surface area contributed by atoms with E-state index >= 15 is 0 Å². The molecule has 0 aliphatic carbocycles. The van der Waals surface area contributed by atoms with Crippen LogP contribution in [0.5, 0.6) is 11.5 Å². The Labute approximate surface area is 171 Å². The van der Waals surface area contributed by atoms with E-state index in [0.717, 1.165) is 10.0 Å². The van der Waals surface area contributed by atoms with Crippen molar-refractivity contribution in [1.82, 2.24) is 4.90 Å². The smallest absolute Gasteiger partial charge is 0.286 e. The number of nitro benzene ring substituents is 1. The third-order valence-corrected chi connectivity index (χ3v) is 4.46. The quantitative estimate of drug-likeness (QED) is 0.327. The fraction of sp³-hybridized carbons (Fsp3) is 0.316. The Morgan fingerprint density at radius 1 is 1.14 bits per heavy atom. The summed E-state index contributed by atoms with van der Waals surface area (Å²) in [5.74, 6) is -0.0724. The number of amides is 1. The second-order valence-corrected chi connectivity index (χ2v) is 6.82. The molecule has 0 saturated heterocycles. The molecular formula is C19H21BrN2O6. The van der Waals surface area contributed by atoms with Crippen LogP contribution in [0, 0.1) is 10.1 Å². The van der Waals surface area contributed by atoms with Gasteiger partial charge in [0.1, 0.15) is 12.2 Å². The average molecular weight is 453 g/mol. The maximum Gasteiger partial charge on any atom is 0.286 e. The van der Waals surface area contributed by atoms with E-state index in [4.69, 9.17) is 14.2 Å². The molecule has 0 aliphatic rings. The van der Waals surface area contributed by atoms with E-state index in [1.807, 2.05) is 24.3 Å². The maximum absolute atomic E-state index is 12.9. The molecule has 1 amide bonds. The maximum atomic E-state index is 12.9. The minimum atomic E-state index is -0.608. The topological polar surface area (TPSA) is 91.1 Å². The lowest BCUT2D eigenvalue weighted by Gasteiger charge is -2.19. The van der Waals surface area contributed by atoms with Crippen LogP contribution < -0.4 is 9.47 Å². The van der Waals surface area contributed by atoms with Gasteiger partial charge in [-0.3, -0.25) is 14.9 Å². The molecule has 150 valence electrons. The van der Waals surface area contributed by atoms with Crippen LogP contribution in [0.25, 0.3) is 0 Å². The summed E-state index contributed by atoms with van der Waals surface area (Å²) in [6.07, 6.45) is 0. The van der Waals surface area contributed by atoms with Gasteiger partial charge in [-0.15, -0.1) is 0 Å². The van der Waals surface area contributed by atoms with Gasteiger partial charge in [0.25, 0.3) is 11.6 Å².